The Balaban J connectivity index is 1.29. The largest absolute Gasteiger partial charge is 0.508 e. The maximum Gasteiger partial charge on any atom is 0.324 e. The molecule has 3 N–H and O–H groups in total. The molecule has 0 aliphatic carbocycles. The first-order valence-electron chi connectivity index (χ1n) is 23.0. The van der Waals surface area contributed by atoms with Crippen molar-refractivity contribution in [2.75, 3.05) is 47.0 Å². The fraction of sp³-hybridized carbons (Fsp3) is 0.471. The number of carbonyl (C=O) groups excluding carboxylic acids is 5. The Morgan fingerprint density at radius 3 is 2.57 bits per heavy atom. The lowest BCUT2D eigenvalue weighted by Gasteiger charge is -2.36. The van der Waals surface area contributed by atoms with E-state index >= 15 is 0 Å². The number of nitrogens with one attached hydrogen (secondary N) is 2. The van der Waals surface area contributed by atoms with Crippen molar-refractivity contribution in [2.24, 2.45) is 17.8 Å². The van der Waals surface area contributed by atoms with E-state index in [1.54, 1.807) is 31.2 Å². The molecule has 0 saturated carbocycles. The number of amides is 4. The molecule has 1 aromatic heterocycles. The average molecular weight is 889 g/mol. The number of methoxy groups -OCH3 is 1. The zero-order chi connectivity index (χ0) is 46.5. The molecule has 65 heavy (non-hydrogen) atoms. The van der Waals surface area contributed by atoms with Crippen molar-refractivity contribution in [1.29, 1.82) is 0 Å². The molecular weight excluding hydrogens is 825 g/mol. The molecule has 4 aromatic rings. The van der Waals surface area contributed by atoms with Crippen molar-refractivity contribution in [3.63, 3.8) is 0 Å². The number of carbonyl (C=O) groups is 5. The van der Waals surface area contributed by atoms with E-state index in [4.69, 9.17) is 9.47 Å². The van der Waals surface area contributed by atoms with E-state index < -0.39 is 41.8 Å². The minimum atomic E-state index is -1.15. The fourth-order valence-corrected chi connectivity index (χ4v) is 9.96. The topological polar surface area (TPSA) is 163 Å². The van der Waals surface area contributed by atoms with E-state index in [0.29, 0.717) is 50.9 Å². The maximum absolute atomic E-state index is 14.7. The van der Waals surface area contributed by atoms with Gasteiger partial charge < -0.3 is 34.3 Å². The molecule has 7 rings (SSSR count). The Labute approximate surface area is 381 Å². The number of aryl methyl sites for hydroxylation is 1. The molecule has 3 aromatic carbocycles. The molecule has 5 atom stereocenters. The third kappa shape index (κ3) is 10.1. The summed E-state index contributed by atoms with van der Waals surface area (Å²) < 4.78 is 13.9. The van der Waals surface area contributed by atoms with Crippen molar-refractivity contribution >= 4 is 40.5 Å². The lowest BCUT2D eigenvalue weighted by Crippen LogP contribution is -2.62. The third-order valence-electron chi connectivity index (χ3n) is 13.2. The standard InChI is InChI=1S/C51H64N6O8/c1-8-45(59)55-21-18-36(29-55)49(61)54(6)46(31(3)4)48(60)52-43-26-33-24-37(27-38(58)25-33)35-16-17-44-40(28-35)41(47(56(44)9-2)39-14-11-10-13-34(39)19-22-64-7)23-32(5)30-65-51(63)42-15-12-20-57(53-42)50(43)62/h8,10-11,13-14,16-17,24-25,27-28,31-32,36,42-43,46,53,58H,1,9,12,15,18-23,26,29-30H2,2-7H3,(H,52,60)/t32-,36-,42-,43-,46?/m0/s1. The number of cyclic esters (lactones) is 1. The van der Waals surface area contributed by atoms with Crippen LogP contribution < -0.4 is 10.7 Å². The SMILES string of the molecule is C=CC(=O)N1CC[C@H](C(=O)N(C)C(C(=O)N[C@H]2Cc3cc(O)cc(c3)-c3ccc4c(c3)c(c(-c3ccccc3CCOC)n4CC)C[C@H](C)COC(=O)[C@@H]3CCCN(N3)C2=O)C(C)C)C1. The number of aromatic hydroxyl groups is 1. The Hall–Kier alpha value is -5.99. The Morgan fingerprint density at radius 1 is 1.05 bits per heavy atom. The number of benzene rings is 3. The van der Waals surface area contributed by atoms with Crippen LogP contribution >= 0.6 is 0 Å². The molecule has 2 fully saturated rings. The molecule has 0 spiro atoms. The average Bonchev–Trinajstić information content (AvgIpc) is 3.91. The number of hydrogen-bond donors (Lipinski definition) is 3. The van der Waals surface area contributed by atoms with Crippen molar-refractivity contribution in [3.8, 4) is 28.1 Å². The quantitative estimate of drug-likeness (QED) is 0.127. The molecule has 3 aliphatic rings. The Kier molecular flexibility index (Phi) is 14.8. The summed E-state index contributed by atoms with van der Waals surface area (Å²) >= 11 is 0. The number of phenols is 1. The monoisotopic (exact) mass is 888 g/mol. The number of phenolic OH excluding ortho intramolecular Hbond substituents is 1. The van der Waals surface area contributed by atoms with Gasteiger partial charge in [-0.05, 0) is 109 Å². The maximum atomic E-state index is 14.7. The number of hydrogen-bond acceptors (Lipinski definition) is 9. The number of likely N-dealkylation sites (tertiary alicyclic amines) is 1. The molecule has 14 heteroatoms. The van der Waals surface area contributed by atoms with Crippen LogP contribution in [0.5, 0.6) is 5.75 Å². The number of ether oxygens (including phenoxy) is 2. The van der Waals surface area contributed by atoms with Crippen molar-refractivity contribution in [1.82, 2.24) is 30.1 Å². The van der Waals surface area contributed by atoms with E-state index in [1.807, 2.05) is 32.0 Å². The molecule has 1 unspecified atom stereocenters. The highest BCUT2D eigenvalue weighted by atomic mass is 16.5. The van der Waals surface area contributed by atoms with Crippen LogP contribution in [0.4, 0.5) is 0 Å². The first-order valence-corrected chi connectivity index (χ1v) is 23.0. The Bertz CT molecular complexity index is 2440. The number of rotatable bonds is 11. The second-order valence-electron chi connectivity index (χ2n) is 18.2. The van der Waals surface area contributed by atoms with E-state index in [2.05, 4.69) is 66.1 Å². The van der Waals surface area contributed by atoms with Gasteiger partial charge in [0.05, 0.1) is 24.8 Å². The summed E-state index contributed by atoms with van der Waals surface area (Å²) in [6, 6.07) is 17.1. The van der Waals surface area contributed by atoms with Gasteiger partial charge in [-0.2, -0.15) is 0 Å². The van der Waals surface area contributed by atoms with E-state index in [1.165, 1.54) is 21.5 Å². The van der Waals surface area contributed by atoms with Gasteiger partial charge in [0, 0.05) is 63.2 Å². The van der Waals surface area contributed by atoms with Crippen LogP contribution in [0.3, 0.4) is 0 Å². The lowest BCUT2D eigenvalue weighted by atomic mass is 9.92. The first kappa shape index (κ1) is 47.0. The summed E-state index contributed by atoms with van der Waals surface area (Å²) in [4.78, 5) is 72.1. The van der Waals surface area contributed by atoms with Gasteiger partial charge >= 0.3 is 5.97 Å². The molecule has 4 amide bonds. The zero-order valence-electron chi connectivity index (χ0n) is 38.6. The number of aromatic nitrogens is 1. The smallest absolute Gasteiger partial charge is 0.324 e. The van der Waals surface area contributed by atoms with Crippen LogP contribution in [0, 0.1) is 17.8 Å². The third-order valence-corrected chi connectivity index (χ3v) is 13.2. The molecular formula is C51H64N6O8. The molecule has 0 radical (unpaired) electrons. The highest BCUT2D eigenvalue weighted by molar-refractivity contribution is 5.96. The van der Waals surface area contributed by atoms with Gasteiger partial charge in [-0.3, -0.25) is 29.0 Å². The summed E-state index contributed by atoms with van der Waals surface area (Å²) in [5.74, 6) is -2.86. The second-order valence-corrected chi connectivity index (χ2v) is 18.2. The number of fused-ring (bicyclic) bond motifs is 6. The summed E-state index contributed by atoms with van der Waals surface area (Å²) in [6.07, 6.45) is 4.03. The summed E-state index contributed by atoms with van der Waals surface area (Å²) in [5, 5.41) is 16.7. The van der Waals surface area contributed by atoms with Crippen LogP contribution in [0.2, 0.25) is 0 Å². The minimum Gasteiger partial charge on any atom is -0.508 e. The molecule has 3 aliphatic heterocycles. The number of nitrogens with zero attached hydrogens (tertiary/aromatic N) is 4. The van der Waals surface area contributed by atoms with Gasteiger partial charge in [0.25, 0.3) is 5.91 Å². The van der Waals surface area contributed by atoms with Gasteiger partial charge in [-0.15, -0.1) is 0 Å². The summed E-state index contributed by atoms with van der Waals surface area (Å²) in [6.45, 7) is 13.8. The number of hydrazine groups is 1. The van der Waals surface area contributed by atoms with Gasteiger partial charge in [0.2, 0.25) is 17.7 Å². The van der Waals surface area contributed by atoms with Crippen molar-refractivity contribution < 1.29 is 38.6 Å². The van der Waals surface area contributed by atoms with Crippen LogP contribution in [0.15, 0.2) is 73.3 Å². The van der Waals surface area contributed by atoms with Crippen LogP contribution in [-0.4, -0.2) is 119 Å². The van der Waals surface area contributed by atoms with E-state index in [9.17, 15) is 29.1 Å². The summed E-state index contributed by atoms with van der Waals surface area (Å²) in [7, 11) is 3.29. The molecule has 4 heterocycles. The van der Waals surface area contributed by atoms with E-state index in [-0.39, 0.29) is 55.5 Å². The molecule has 2 saturated heterocycles. The zero-order valence-corrected chi connectivity index (χ0v) is 38.6. The Morgan fingerprint density at radius 2 is 1.83 bits per heavy atom. The predicted octanol–water partition coefficient (Wildman–Crippen LogP) is 5.67. The van der Waals surface area contributed by atoms with Gasteiger partial charge in [0.15, 0.2) is 0 Å². The van der Waals surface area contributed by atoms with Gasteiger partial charge in [0.1, 0.15) is 23.9 Å². The normalized spacial score (nSPS) is 20.9. The number of likely N-dealkylation sites (N-methyl/N-ethyl adjacent to an activating group) is 1. The van der Waals surface area contributed by atoms with Crippen molar-refractivity contribution in [2.45, 2.75) is 90.9 Å². The van der Waals surface area contributed by atoms with Crippen LogP contribution in [0.25, 0.3) is 33.3 Å². The number of esters is 1. The lowest BCUT2D eigenvalue weighted by molar-refractivity contribution is -0.154. The highest BCUT2D eigenvalue weighted by Gasteiger charge is 2.40. The minimum absolute atomic E-state index is 0.00194. The molecule has 346 valence electrons. The second kappa shape index (κ2) is 20.5. The van der Waals surface area contributed by atoms with Gasteiger partial charge in [-0.25, -0.2) is 5.43 Å². The van der Waals surface area contributed by atoms with Gasteiger partial charge in [-0.1, -0.05) is 63.7 Å². The first-order chi connectivity index (χ1) is 31.2. The molecule has 6 bridgehead atoms. The summed E-state index contributed by atoms with van der Waals surface area (Å²) in [5.41, 5.74) is 10.9. The van der Waals surface area contributed by atoms with Crippen molar-refractivity contribution in [3.05, 3.63) is 90.0 Å². The van der Waals surface area contributed by atoms with E-state index in [0.717, 1.165) is 45.3 Å². The molecule has 14 nitrogen and oxygen atoms in total. The highest BCUT2D eigenvalue weighted by Crippen LogP contribution is 2.40. The van der Waals surface area contributed by atoms with Crippen LogP contribution in [-0.2, 0) is 59.3 Å². The predicted molar refractivity (Wildman–Crippen MR) is 249 cm³/mol. The van der Waals surface area contributed by atoms with Crippen LogP contribution in [0.1, 0.15) is 63.6 Å². The fourth-order valence-electron chi connectivity index (χ4n) is 9.96.